The number of nitrogens with one attached hydrogen (secondary N) is 1. The van der Waals surface area contributed by atoms with Crippen LogP contribution in [0, 0.1) is 13.8 Å². The molecular formula is C20H24N2O4. The van der Waals surface area contributed by atoms with Gasteiger partial charge in [0.15, 0.2) is 18.1 Å². The van der Waals surface area contributed by atoms with Gasteiger partial charge in [-0.3, -0.25) is 4.79 Å². The predicted molar refractivity (Wildman–Crippen MR) is 101 cm³/mol. The van der Waals surface area contributed by atoms with Gasteiger partial charge in [-0.1, -0.05) is 6.07 Å². The molecule has 0 saturated carbocycles. The molecule has 6 nitrogen and oxygen atoms in total. The number of hydrazone groups is 1. The second-order valence-electron chi connectivity index (χ2n) is 5.75. The van der Waals surface area contributed by atoms with Gasteiger partial charge in [0, 0.05) is 0 Å². The predicted octanol–water partition coefficient (Wildman–Crippen LogP) is 3.24. The minimum atomic E-state index is -0.335. The van der Waals surface area contributed by atoms with Gasteiger partial charge >= 0.3 is 0 Å². The normalized spacial score (nSPS) is 10.6. The zero-order valence-corrected chi connectivity index (χ0v) is 15.5. The summed E-state index contributed by atoms with van der Waals surface area (Å²) in [5.74, 6) is 1.61. The van der Waals surface area contributed by atoms with Gasteiger partial charge < -0.3 is 14.2 Å². The van der Waals surface area contributed by atoms with E-state index in [2.05, 4.69) is 10.5 Å². The third-order valence-corrected chi connectivity index (χ3v) is 3.46. The van der Waals surface area contributed by atoms with Crippen LogP contribution in [0.4, 0.5) is 0 Å². The van der Waals surface area contributed by atoms with Gasteiger partial charge in [0.1, 0.15) is 5.75 Å². The number of amides is 1. The van der Waals surface area contributed by atoms with Crippen molar-refractivity contribution in [1.29, 1.82) is 0 Å². The maximum absolute atomic E-state index is 11.8. The number of aryl methyl sites for hydroxylation is 2. The van der Waals surface area contributed by atoms with Gasteiger partial charge in [-0.15, -0.1) is 0 Å². The second kappa shape index (κ2) is 9.46. The first kappa shape index (κ1) is 19.3. The van der Waals surface area contributed by atoms with Crippen molar-refractivity contribution < 1.29 is 19.0 Å². The largest absolute Gasteiger partial charge is 0.493 e. The van der Waals surface area contributed by atoms with E-state index in [0.29, 0.717) is 23.9 Å². The van der Waals surface area contributed by atoms with Crippen LogP contribution in [0.1, 0.15) is 23.6 Å². The van der Waals surface area contributed by atoms with Gasteiger partial charge in [0.05, 0.1) is 19.9 Å². The van der Waals surface area contributed by atoms with Crippen molar-refractivity contribution >= 4 is 12.1 Å². The Labute approximate surface area is 153 Å². The molecule has 0 radical (unpaired) electrons. The number of carbonyl (C=O) groups is 1. The molecule has 0 spiro atoms. The van der Waals surface area contributed by atoms with Crippen molar-refractivity contribution in [2.24, 2.45) is 5.10 Å². The lowest BCUT2D eigenvalue weighted by Gasteiger charge is -2.09. The lowest BCUT2D eigenvalue weighted by molar-refractivity contribution is -0.123. The maximum Gasteiger partial charge on any atom is 0.277 e. The van der Waals surface area contributed by atoms with Crippen LogP contribution in [-0.4, -0.2) is 32.4 Å². The Morgan fingerprint density at radius 2 is 1.81 bits per heavy atom. The Morgan fingerprint density at radius 1 is 1.08 bits per heavy atom. The molecule has 1 amide bonds. The first-order valence-corrected chi connectivity index (χ1v) is 8.35. The van der Waals surface area contributed by atoms with Crippen LogP contribution in [0.2, 0.25) is 0 Å². The molecule has 0 aliphatic heterocycles. The number of methoxy groups -OCH3 is 1. The molecule has 0 aliphatic carbocycles. The van der Waals surface area contributed by atoms with Crippen LogP contribution < -0.4 is 19.6 Å². The average Bonchev–Trinajstić information content (AvgIpc) is 2.60. The molecule has 1 N–H and O–H groups in total. The van der Waals surface area contributed by atoms with E-state index in [9.17, 15) is 4.79 Å². The van der Waals surface area contributed by atoms with E-state index in [1.54, 1.807) is 19.2 Å². The third kappa shape index (κ3) is 5.81. The molecule has 2 rings (SSSR count). The zero-order valence-electron chi connectivity index (χ0n) is 15.5. The summed E-state index contributed by atoms with van der Waals surface area (Å²) in [5, 5.41) is 3.94. The lowest BCUT2D eigenvalue weighted by Crippen LogP contribution is -2.24. The summed E-state index contributed by atoms with van der Waals surface area (Å²) in [4.78, 5) is 11.8. The molecular weight excluding hydrogens is 332 g/mol. The third-order valence-electron chi connectivity index (χ3n) is 3.46. The van der Waals surface area contributed by atoms with E-state index >= 15 is 0 Å². The van der Waals surface area contributed by atoms with E-state index in [1.807, 2.05) is 45.0 Å². The van der Waals surface area contributed by atoms with E-state index in [1.165, 1.54) is 6.21 Å². The maximum atomic E-state index is 11.8. The van der Waals surface area contributed by atoms with Gasteiger partial charge in [0.2, 0.25) is 0 Å². The Morgan fingerprint density at radius 3 is 2.46 bits per heavy atom. The number of nitrogens with zero attached hydrogens (tertiary/aromatic N) is 1. The SMILES string of the molecule is CCOc1ccc(/C=N/NC(=O)COc2cc(C)cc(C)c2)cc1OC. The molecule has 26 heavy (non-hydrogen) atoms. The average molecular weight is 356 g/mol. The smallest absolute Gasteiger partial charge is 0.277 e. The van der Waals surface area contributed by atoms with Crippen molar-refractivity contribution in [1.82, 2.24) is 5.43 Å². The summed E-state index contributed by atoms with van der Waals surface area (Å²) in [7, 11) is 1.57. The summed E-state index contributed by atoms with van der Waals surface area (Å²) < 4.78 is 16.2. The summed E-state index contributed by atoms with van der Waals surface area (Å²) >= 11 is 0. The van der Waals surface area contributed by atoms with E-state index in [4.69, 9.17) is 14.2 Å². The van der Waals surface area contributed by atoms with Crippen LogP contribution in [-0.2, 0) is 4.79 Å². The van der Waals surface area contributed by atoms with E-state index in [0.717, 1.165) is 16.7 Å². The molecule has 138 valence electrons. The van der Waals surface area contributed by atoms with Crippen molar-refractivity contribution in [3.05, 3.63) is 53.1 Å². The monoisotopic (exact) mass is 356 g/mol. The molecule has 0 unspecified atom stereocenters. The first-order chi connectivity index (χ1) is 12.5. The van der Waals surface area contributed by atoms with Crippen LogP contribution in [0.15, 0.2) is 41.5 Å². The van der Waals surface area contributed by atoms with Crippen LogP contribution >= 0.6 is 0 Å². The molecule has 0 aromatic heterocycles. The summed E-state index contributed by atoms with van der Waals surface area (Å²) in [5.41, 5.74) is 5.39. The van der Waals surface area contributed by atoms with Crippen molar-refractivity contribution in [2.45, 2.75) is 20.8 Å². The van der Waals surface area contributed by atoms with Gasteiger partial charge in [-0.2, -0.15) is 5.10 Å². The van der Waals surface area contributed by atoms with Gasteiger partial charge in [-0.25, -0.2) is 5.43 Å². The highest BCUT2D eigenvalue weighted by Crippen LogP contribution is 2.27. The topological polar surface area (TPSA) is 69.2 Å². The number of benzene rings is 2. The minimum absolute atomic E-state index is 0.104. The molecule has 0 fully saturated rings. The lowest BCUT2D eigenvalue weighted by atomic mass is 10.1. The van der Waals surface area contributed by atoms with Gasteiger partial charge in [-0.05, 0) is 67.8 Å². The molecule has 0 atom stereocenters. The molecule has 0 aliphatic rings. The van der Waals surface area contributed by atoms with Gasteiger partial charge in [0.25, 0.3) is 5.91 Å². The van der Waals surface area contributed by atoms with Crippen molar-refractivity contribution in [3.8, 4) is 17.2 Å². The molecule has 0 bridgehead atoms. The Bertz CT molecular complexity index is 767. The van der Waals surface area contributed by atoms with Crippen LogP contribution in [0.25, 0.3) is 0 Å². The van der Waals surface area contributed by atoms with E-state index < -0.39 is 0 Å². The standard InChI is InChI=1S/C20H24N2O4/c1-5-25-18-7-6-16(11-19(18)24-4)12-21-22-20(23)13-26-17-9-14(2)8-15(3)10-17/h6-12H,5,13H2,1-4H3,(H,22,23)/b21-12+. The number of ether oxygens (including phenoxy) is 3. The number of rotatable bonds is 8. The van der Waals surface area contributed by atoms with Crippen LogP contribution in [0.3, 0.4) is 0 Å². The summed E-state index contributed by atoms with van der Waals surface area (Å²) in [6, 6.07) is 11.2. The molecule has 0 heterocycles. The quantitative estimate of drug-likeness (QED) is 0.582. The first-order valence-electron chi connectivity index (χ1n) is 8.35. The molecule has 2 aromatic rings. The fourth-order valence-electron chi connectivity index (χ4n) is 2.42. The molecule has 0 saturated heterocycles. The fourth-order valence-corrected chi connectivity index (χ4v) is 2.42. The zero-order chi connectivity index (χ0) is 18.9. The highest BCUT2D eigenvalue weighted by Gasteiger charge is 2.05. The van der Waals surface area contributed by atoms with Crippen LogP contribution in [0.5, 0.6) is 17.2 Å². The molecule has 2 aromatic carbocycles. The number of carbonyl (C=O) groups excluding carboxylic acids is 1. The summed E-state index contributed by atoms with van der Waals surface area (Å²) in [6.07, 6.45) is 1.53. The summed E-state index contributed by atoms with van der Waals surface area (Å²) in [6.45, 7) is 6.32. The fraction of sp³-hybridized carbons (Fsp3) is 0.300. The highest BCUT2D eigenvalue weighted by atomic mass is 16.5. The number of hydrogen-bond donors (Lipinski definition) is 1. The Hall–Kier alpha value is -3.02. The Kier molecular flexibility index (Phi) is 7.02. The second-order valence-corrected chi connectivity index (χ2v) is 5.75. The highest BCUT2D eigenvalue weighted by molar-refractivity contribution is 5.83. The number of hydrogen-bond acceptors (Lipinski definition) is 5. The van der Waals surface area contributed by atoms with E-state index in [-0.39, 0.29) is 12.5 Å². The van der Waals surface area contributed by atoms with Crippen molar-refractivity contribution in [3.63, 3.8) is 0 Å². The van der Waals surface area contributed by atoms with Crippen molar-refractivity contribution in [2.75, 3.05) is 20.3 Å². The Balaban J connectivity index is 1.88. The minimum Gasteiger partial charge on any atom is -0.493 e. The molecule has 6 heteroatoms.